The summed E-state index contributed by atoms with van der Waals surface area (Å²) in [5, 5.41) is 15.2. The number of thioether (sulfide) groups is 1. The number of aromatic nitrogens is 2. The number of nitrogens with zero attached hydrogens (tertiary/aromatic N) is 2. The minimum Gasteiger partial charge on any atom is -0.495 e. The molecule has 1 aromatic heterocycles. The van der Waals surface area contributed by atoms with Crippen LogP contribution >= 0.6 is 23.1 Å². The first kappa shape index (κ1) is 21.1. The Morgan fingerprint density at radius 2 is 1.93 bits per heavy atom. The van der Waals surface area contributed by atoms with E-state index in [4.69, 9.17) is 4.74 Å². The van der Waals surface area contributed by atoms with Crippen molar-refractivity contribution in [1.29, 1.82) is 0 Å². The van der Waals surface area contributed by atoms with Crippen LogP contribution < -0.4 is 15.4 Å². The van der Waals surface area contributed by atoms with Gasteiger partial charge in [-0.2, -0.15) is 0 Å². The van der Waals surface area contributed by atoms with Crippen LogP contribution in [0.1, 0.15) is 31.0 Å². The number of rotatable bonds is 9. The largest absolute Gasteiger partial charge is 0.495 e. The van der Waals surface area contributed by atoms with Crippen molar-refractivity contribution in [1.82, 2.24) is 15.5 Å². The molecule has 0 fully saturated rings. The molecule has 6 nitrogen and oxygen atoms in total. The average Bonchev–Trinajstić information content (AvgIpc) is 3.20. The maximum absolute atomic E-state index is 12.3. The van der Waals surface area contributed by atoms with E-state index in [1.165, 1.54) is 28.7 Å². The predicted octanol–water partition coefficient (Wildman–Crippen LogP) is 4.82. The molecule has 2 N–H and O–H groups in total. The molecule has 2 aromatic carbocycles. The molecule has 0 aliphatic carbocycles. The highest BCUT2D eigenvalue weighted by Gasteiger charge is 2.13. The number of ether oxygens (including phenoxy) is 1. The van der Waals surface area contributed by atoms with Crippen LogP contribution in [-0.4, -0.2) is 29.0 Å². The highest BCUT2D eigenvalue weighted by atomic mass is 32.2. The number of anilines is 2. The van der Waals surface area contributed by atoms with Gasteiger partial charge in [0.2, 0.25) is 11.0 Å². The van der Waals surface area contributed by atoms with Gasteiger partial charge in [0, 0.05) is 0 Å². The number of methoxy groups -OCH3 is 1. The van der Waals surface area contributed by atoms with Gasteiger partial charge in [0.25, 0.3) is 0 Å². The number of nitrogens with one attached hydrogen (secondary N) is 2. The Hall–Kier alpha value is -2.58. The van der Waals surface area contributed by atoms with Gasteiger partial charge in [0.1, 0.15) is 5.75 Å². The molecule has 3 rings (SSSR count). The maximum atomic E-state index is 12.3. The number of hydrogen-bond acceptors (Lipinski definition) is 7. The topological polar surface area (TPSA) is 76.1 Å². The lowest BCUT2D eigenvalue weighted by Crippen LogP contribution is -2.28. The summed E-state index contributed by atoms with van der Waals surface area (Å²) in [6.07, 6.45) is 1.01. The Bertz CT molecular complexity index is 944. The van der Waals surface area contributed by atoms with E-state index < -0.39 is 0 Å². The van der Waals surface area contributed by atoms with Gasteiger partial charge < -0.3 is 15.4 Å². The fourth-order valence-corrected chi connectivity index (χ4v) is 4.29. The van der Waals surface area contributed by atoms with E-state index >= 15 is 0 Å². The molecule has 0 radical (unpaired) electrons. The van der Waals surface area contributed by atoms with Gasteiger partial charge in [0.05, 0.1) is 24.6 Å². The van der Waals surface area contributed by atoms with Gasteiger partial charge in [-0.25, -0.2) is 0 Å². The fourth-order valence-electron chi connectivity index (χ4n) is 2.72. The third-order valence-electron chi connectivity index (χ3n) is 4.35. The summed E-state index contributed by atoms with van der Waals surface area (Å²) in [6.45, 7) is 4.12. The molecule has 8 heteroatoms. The monoisotopic (exact) mass is 428 g/mol. The first-order valence-electron chi connectivity index (χ1n) is 9.33. The van der Waals surface area contributed by atoms with E-state index in [1.54, 1.807) is 7.11 Å². The van der Waals surface area contributed by atoms with Gasteiger partial charge in [-0.05, 0) is 36.6 Å². The van der Waals surface area contributed by atoms with Gasteiger partial charge >= 0.3 is 0 Å². The van der Waals surface area contributed by atoms with Crippen LogP contribution in [0.25, 0.3) is 0 Å². The molecular formula is C21H24N4O2S2. The molecule has 152 valence electrons. The van der Waals surface area contributed by atoms with Gasteiger partial charge in [0.15, 0.2) is 4.34 Å². The second kappa shape index (κ2) is 10.3. The van der Waals surface area contributed by atoms with Crippen LogP contribution in [0.2, 0.25) is 0 Å². The molecule has 1 unspecified atom stereocenters. The number of aryl methyl sites for hydroxylation is 1. The molecule has 29 heavy (non-hydrogen) atoms. The third kappa shape index (κ3) is 5.95. The van der Waals surface area contributed by atoms with Crippen LogP contribution in [0, 0.1) is 0 Å². The minimum absolute atomic E-state index is 0.0310. The molecule has 1 atom stereocenters. The minimum atomic E-state index is -0.0359. The molecule has 0 aliphatic rings. The van der Waals surface area contributed by atoms with E-state index in [9.17, 15) is 4.79 Å². The predicted molar refractivity (Wildman–Crippen MR) is 119 cm³/mol. The summed E-state index contributed by atoms with van der Waals surface area (Å²) in [5.74, 6) is 0.995. The van der Waals surface area contributed by atoms with Crippen molar-refractivity contribution < 1.29 is 9.53 Å². The quantitative estimate of drug-likeness (QED) is 0.476. The summed E-state index contributed by atoms with van der Waals surface area (Å²) in [6, 6.07) is 15.9. The van der Waals surface area contributed by atoms with E-state index in [0.717, 1.165) is 27.8 Å². The summed E-state index contributed by atoms with van der Waals surface area (Å²) in [7, 11) is 1.62. The van der Waals surface area contributed by atoms with Crippen LogP contribution in [-0.2, 0) is 11.2 Å². The van der Waals surface area contributed by atoms with Crippen molar-refractivity contribution >= 4 is 39.8 Å². The lowest BCUT2D eigenvalue weighted by molar-refractivity contribution is -0.119. The second-order valence-electron chi connectivity index (χ2n) is 6.37. The lowest BCUT2D eigenvalue weighted by atomic mass is 10.1. The number of para-hydroxylation sites is 2. The number of carbonyl (C=O) groups is 1. The van der Waals surface area contributed by atoms with Crippen molar-refractivity contribution in [3.05, 3.63) is 59.7 Å². The zero-order valence-corrected chi connectivity index (χ0v) is 18.3. The van der Waals surface area contributed by atoms with Crippen molar-refractivity contribution in [2.45, 2.75) is 30.6 Å². The molecule has 0 saturated carbocycles. The van der Waals surface area contributed by atoms with E-state index in [1.807, 2.05) is 31.2 Å². The van der Waals surface area contributed by atoms with E-state index in [2.05, 4.69) is 52.0 Å². The molecule has 0 saturated heterocycles. The Labute approximate surface area is 179 Å². The lowest BCUT2D eigenvalue weighted by Gasteiger charge is -2.14. The number of carbonyl (C=O) groups excluding carboxylic acids is 1. The Morgan fingerprint density at radius 1 is 1.17 bits per heavy atom. The molecule has 3 aromatic rings. The van der Waals surface area contributed by atoms with Crippen LogP contribution in [0.3, 0.4) is 0 Å². The summed E-state index contributed by atoms with van der Waals surface area (Å²) in [5.41, 5.74) is 3.21. The Balaban J connectivity index is 1.50. The van der Waals surface area contributed by atoms with Crippen LogP contribution in [0.15, 0.2) is 52.9 Å². The second-order valence-corrected chi connectivity index (χ2v) is 8.57. The van der Waals surface area contributed by atoms with E-state index in [0.29, 0.717) is 10.9 Å². The summed E-state index contributed by atoms with van der Waals surface area (Å²) >= 11 is 2.78. The molecule has 1 heterocycles. The van der Waals surface area contributed by atoms with Gasteiger partial charge in [-0.15, -0.1) is 10.2 Å². The van der Waals surface area contributed by atoms with Crippen molar-refractivity contribution in [3.63, 3.8) is 0 Å². The number of hydrogen-bond donors (Lipinski definition) is 2. The van der Waals surface area contributed by atoms with Gasteiger partial charge in [-0.1, -0.05) is 66.4 Å². The first-order chi connectivity index (χ1) is 14.1. The standard InChI is InChI=1S/C21H24N4O2S2/c1-4-15-9-11-16(12-10-15)14(2)22-19(26)13-28-21-25-24-20(29-21)23-17-7-5-6-8-18(17)27-3/h5-12,14H,4,13H2,1-3H3,(H,22,26)(H,23,24). The number of benzene rings is 2. The van der Waals surface area contributed by atoms with Crippen LogP contribution in [0.4, 0.5) is 10.8 Å². The Kier molecular flexibility index (Phi) is 7.48. The van der Waals surface area contributed by atoms with E-state index in [-0.39, 0.29) is 11.9 Å². The highest BCUT2D eigenvalue weighted by molar-refractivity contribution is 8.01. The van der Waals surface area contributed by atoms with Gasteiger partial charge in [-0.3, -0.25) is 4.79 Å². The SMILES string of the molecule is CCc1ccc(C(C)NC(=O)CSc2nnc(Nc3ccccc3OC)s2)cc1. The highest BCUT2D eigenvalue weighted by Crippen LogP contribution is 2.31. The van der Waals surface area contributed by atoms with Crippen LogP contribution in [0.5, 0.6) is 5.75 Å². The fraction of sp³-hybridized carbons (Fsp3) is 0.286. The van der Waals surface area contributed by atoms with Crippen molar-refractivity contribution in [3.8, 4) is 5.75 Å². The molecule has 0 bridgehead atoms. The van der Waals surface area contributed by atoms with Crippen molar-refractivity contribution in [2.75, 3.05) is 18.2 Å². The molecule has 1 amide bonds. The Morgan fingerprint density at radius 3 is 2.66 bits per heavy atom. The zero-order chi connectivity index (χ0) is 20.6. The smallest absolute Gasteiger partial charge is 0.230 e. The maximum Gasteiger partial charge on any atom is 0.230 e. The number of amides is 1. The zero-order valence-electron chi connectivity index (χ0n) is 16.6. The summed E-state index contributed by atoms with van der Waals surface area (Å²) < 4.78 is 6.06. The van der Waals surface area contributed by atoms with Crippen molar-refractivity contribution in [2.24, 2.45) is 0 Å². The molecule has 0 spiro atoms. The normalized spacial score (nSPS) is 11.7. The average molecular weight is 429 g/mol. The third-order valence-corrected chi connectivity index (χ3v) is 6.32. The molecule has 0 aliphatic heterocycles. The molecular weight excluding hydrogens is 404 g/mol. The first-order valence-corrected chi connectivity index (χ1v) is 11.1. The summed E-state index contributed by atoms with van der Waals surface area (Å²) in [4.78, 5) is 12.3.